The molecule has 2 aromatic heterocycles. The zero-order valence-corrected chi connectivity index (χ0v) is 11.6. The van der Waals surface area contributed by atoms with Gasteiger partial charge in [0.15, 0.2) is 0 Å². The van der Waals surface area contributed by atoms with Crippen LogP contribution in [-0.4, -0.2) is 21.0 Å². The quantitative estimate of drug-likeness (QED) is 0.682. The molecular formula is C16H17N5. The Balaban J connectivity index is 1.68. The first-order valence-corrected chi connectivity index (χ1v) is 7.32. The van der Waals surface area contributed by atoms with Crippen molar-refractivity contribution < 1.29 is 0 Å². The van der Waals surface area contributed by atoms with Crippen molar-refractivity contribution in [2.45, 2.75) is 25.3 Å². The van der Waals surface area contributed by atoms with Crippen LogP contribution in [0.1, 0.15) is 19.3 Å². The van der Waals surface area contributed by atoms with Crippen LogP contribution in [0.3, 0.4) is 0 Å². The predicted molar refractivity (Wildman–Crippen MR) is 84.9 cm³/mol. The minimum absolute atomic E-state index is 0.544. The molecule has 0 spiro atoms. The number of aromatic nitrogens is 3. The van der Waals surface area contributed by atoms with Gasteiger partial charge < -0.3 is 15.6 Å². The Hall–Kier alpha value is -2.56. The van der Waals surface area contributed by atoms with Crippen molar-refractivity contribution in [3.8, 4) is 0 Å². The normalized spacial score (nSPS) is 14.9. The van der Waals surface area contributed by atoms with Gasteiger partial charge in [-0.3, -0.25) is 0 Å². The zero-order chi connectivity index (χ0) is 14.1. The molecule has 5 nitrogen and oxygen atoms in total. The number of H-pyrrole nitrogens is 1. The summed E-state index contributed by atoms with van der Waals surface area (Å²) >= 11 is 0. The molecule has 0 saturated heterocycles. The Kier molecular flexibility index (Phi) is 2.96. The summed E-state index contributed by atoms with van der Waals surface area (Å²) in [6, 6.07) is 12.5. The molecule has 1 aromatic carbocycles. The molecule has 1 aliphatic carbocycles. The van der Waals surface area contributed by atoms with E-state index in [1.807, 2.05) is 42.6 Å². The number of rotatable bonds is 4. The van der Waals surface area contributed by atoms with Crippen LogP contribution in [0.25, 0.3) is 11.0 Å². The molecule has 3 N–H and O–H groups in total. The van der Waals surface area contributed by atoms with Crippen LogP contribution in [0.4, 0.5) is 17.5 Å². The van der Waals surface area contributed by atoms with Gasteiger partial charge in [-0.05, 0) is 37.5 Å². The molecule has 1 aliphatic rings. The fourth-order valence-electron chi connectivity index (χ4n) is 2.50. The largest absolute Gasteiger partial charge is 0.367 e. The van der Waals surface area contributed by atoms with E-state index in [2.05, 4.69) is 25.6 Å². The SMILES string of the molecule is c1ccc(Nc2nc(NC3CCC3)c3cc[nH]c3n2)cc1. The topological polar surface area (TPSA) is 65.6 Å². The average Bonchev–Trinajstić information content (AvgIpc) is 2.92. The van der Waals surface area contributed by atoms with Gasteiger partial charge in [-0.1, -0.05) is 18.2 Å². The van der Waals surface area contributed by atoms with Gasteiger partial charge in [0.2, 0.25) is 5.95 Å². The Bertz CT molecular complexity index is 746. The second-order valence-corrected chi connectivity index (χ2v) is 5.40. The van der Waals surface area contributed by atoms with Crippen molar-refractivity contribution in [2.24, 2.45) is 0 Å². The van der Waals surface area contributed by atoms with Crippen LogP contribution in [0.5, 0.6) is 0 Å². The van der Waals surface area contributed by atoms with E-state index < -0.39 is 0 Å². The molecule has 21 heavy (non-hydrogen) atoms. The second kappa shape index (κ2) is 5.09. The van der Waals surface area contributed by atoms with E-state index in [0.717, 1.165) is 22.5 Å². The van der Waals surface area contributed by atoms with Gasteiger partial charge in [-0.15, -0.1) is 0 Å². The Morgan fingerprint density at radius 1 is 1.05 bits per heavy atom. The molecule has 0 bridgehead atoms. The molecule has 1 fully saturated rings. The average molecular weight is 279 g/mol. The van der Waals surface area contributed by atoms with Gasteiger partial charge in [0.1, 0.15) is 11.5 Å². The first kappa shape index (κ1) is 12.2. The Morgan fingerprint density at radius 3 is 2.67 bits per heavy atom. The fourth-order valence-corrected chi connectivity index (χ4v) is 2.50. The van der Waals surface area contributed by atoms with E-state index in [0.29, 0.717) is 12.0 Å². The van der Waals surface area contributed by atoms with E-state index in [9.17, 15) is 0 Å². The third-order valence-corrected chi connectivity index (χ3v) is 3.89. The second-order valence-electron chi connectivity index (χ2n) is 5.40. The molecule has 0 unspecified atom stereocenters. The molecule has 0 radical (unpaired) electrons. The number of benzene rings is 1. The van der Waals surface area contributed by atoms with Crippen LogP contribution in [0.2, 0.25) is 0 Å². The van der Waals surface area contributed by atoms with Crippen molar-refractivity contribution in [1.82, 2.24) is 15.0 Å². The molecule has 3 aromatic rings. The van der Waals surface area contributed by atoms with Gasteiger partial charge in [0.05, 0.1) is 5.39 Å². The summed E-state index contributed by atoms with van der Waals surface area (Å²) in [4.78, 5) is 12.3. The smallest absolute Gasteiger partial charge is 0.231 e. The lowest BCUT2D eigenvalue weighted by molar-refractivity contribution is 0.445. The van der Waals surface area contributed by atoms with Crippen molar-refractivity contribution in [2.75, 3.05) is 10.6 Å². The molecule has 1 saturated carbocycles. The zero-order valence-electron chi connectivity index (χ0n) is 11.6. The van der Waals surface area contributed by atoms with Gasteiger partial charge >= 0.3 is 0 Å². The highest BCUT2D eigenvalue weighted by Crippen LogP contribution is 2.27. The number of anilines is 3. The lowest BCUT2D eigenvalue weighted by Crippen LogP contribution is -2.27. The van der Waals surface area contributed by atoms with Gasteiger partial charge in [0, 0.05) is 17.9 Å². The number of nitrogens with zero attached hydrogens (tertiary/aromatic N) is 2. The molecule has 0 amide bonds. The van der Waals surface area contributed by atoms with Crippen LogP contribution < -0.4 is 10.6 Å². The number of nitrogens with one attached hydrogen (secondary N) is 3. The molecule has 0 aliphatic heterocycles. The number of hydrogen-bond acceptors (Lipinski definition) is 4. The highest BCUT2D eigenvalue weighted by atomic mass is 15.2. The van der Waals surface area contributed by atoms with E-state index in [1.54, 1.807) is 0 Å². The summed E-state index contributed by atoms with van der Waals surface area (Å²) < 4.78 is 0. The lowest BCUT2D eigenvalue weighted by Gasteiger charge is -2.27. The first-order valence-electron chi connectivity index (χ1n) is 7.32. The minimum Gasteiger partial charge on any atom is -0.367 e. The standard InChI is InChI=1S/C16H17N5/c1-2-5-12(6-3-1)19-16-20-14-13(9-10-17-14)15(21-16)18-11-7-4-8-11/h1-3,5-6,9-11H,4,7-8H2,(H3,17,18,19,20,21). The molecular weight excluding hydrogens is 262 g/mol. The minimum atomic E-state index is 0.544. The maximum Gasteiger partial charge on any atom is 0.231 e. The number of fused-ring (bicyclic) bond motifs is 1. The highest BCUT2D eigenvalue weighted by molar-refractivity contribution is 5.88. The third-order valence-electron chi connectivity index (χ3n) is 3.89. The van der Waals surface area contributed by atoms with E-state index in [4.69, 9.17) is 0 Å². The van der Waals surface area contributed by atoms with Crippen LogP contribution in [-0.2, 0) is 0 Å². The third kappa shape index (κ3) is 2.42. The molecule has 4 rings (SSSR count). The summed E-state index contributed by atoms with van der Waals surface area (Å²) in [5.74, 6) is 1.52. The lowest BCUT2D eigenvalue weighted by atomic mass is 9.93. The molecule has 5 heteroatoms. The summed E-state index contributed by atoms with van der Waals surface area (Å²) in [5.41, 5.74) is 1.84. The van der Waals surface area contributed by atoms with E-state index in [1.165, 1.54) is 19.3 Å². The number of para-hydroxylation sites is 1. The molecule has 106 valence electrons. The van der Waals surface area contributed by atoms with Gasteiger partial charge in [-0.25, -0.2) is 0 Å². The van der Waals surface area contributed by atoms with E-state index in [-0.39, 0.29) is 0 Å². The van der Waals surface area contributed by atoms with Crippen LogP contribution >= 0.6 is 0 Å². The van der Waals surface area contributed by atoms with Crippen molar-refractivity contribution in [3.63, 3.8) is 0 Å². The van der Waals surface area contributed by atoms with Crippen molar-refractivity contribution in [3.05, 3.63) is 42.6 Å². The maximum atomic E-state index is 4.64. The predicted octanol–water partition coefficient (Wildman–Crippen LogP) is 3.67. The Labute approximate surface area is 122 Å². The fraction of sp³-hybridized carbons (Fsp3) is 0.250. The summed E-state index contributed by atoms with van der Waals surface area (Å²) in [6.45, 7) is 0. The summed E-state index contributed by atoms with van der Waals surface area (Å²) in [7, 11) is 0. The summed E-state index contributed by atoms with van der Waals surface area (Å²) in [5, 5.41) is 7.82. The molecule has 2 heterocycles. The number of hydrogen-bond donors (Lipinski definition) is 3. The highest BCUT2D eigenvalue weighted by Gasteiger charge is 2.19. The van der Waals surface area contributed by atoms with Gasteiger partial charge in [0.25, 0.3) is 0 Å². The number of aromatic amines is 1. The van der Waals surface area contributed by atoms with Gasteiger partial charge in [-0.2, -0.15) is 9.97 Å². The monoisotopic (exact) mass is 279 g/mol. The maximum absolute atomic E-state index is 4.64. The Morgan fingerprint density at radius 2 is 1.90 bits per heavy atom. The van der Waals surface area contributed by atoms with E-state index >= 15 is 0 Å². The van der Waals surface area contributed by atoms with Crippen molar-refractivity contribution in [1.29, 1.82) is 0 Å². The van der Waals surface area contributed by atoms with Crippen molar-refractivity contribution >= 4 is 28.5 Å². The first-order chi connectivity index (χ1) is 10.4. The summed E-state index contributed by atoms with van der Waals surface area (Å²) in [6.07, 6.45) is 5.64. The van der Waals surface area contributed by atoms with Crippen LogP contribution in [0, 0.1) is 0 Å². The van der Waals surface area contributed by atoms with Crippen LogP contribution in [0.15, 0.2) is 42.6 Å². The molecule has 0 atom stereocenters.